The molecule has 1 aromatic carbocycles. The minimum Gasteiger partial charge on any atom is -0.491 e. The summed E-state index contributed by atoms with van der Waals surface area (Å²) in [6.07, 6.45) is -0.0468. The first-order chi connectivity index (χ1) is 14.0. The van der Waals surface area contributed by atoms with E-state index in [0.717, 1.165) is 5.56 Å². The lowest BCUT2D eigenvalue weighted by Gasteiger charge is -2.22. The topological polar surface area (TPSA) is 122 Å². The van der Waals surface area contributed by atoms with E-state index in [1.54, 1.807) is 45.0 Å². The van der Waals surface area contributed by atoms with Crippen LogP contribution in [0.15, 0.2) is 24.3 Å². The molecule has 168 valence electrons. The molecular formula is C21H30FNO7. The maximum atomic E-state index is 12.1. The molecule has 30 heavy (non-hydrogen) atoms. The van der Waals surface area contributed by atoms with E-state index in [4.69, 9.17) is 9.47 Å². The number of carbonyl (C=O) groups is 3. The first-order valence-electron chi connectivity index (χ1n) is 9.74. The number of hydrogen-bond acceptors (Lipinski definition) is 5. The van der Waals surface area contributed by atoms with Gasteiger partial charge in [-0.25, -0.2) is 14.0 Å². The van der Waals surface area contributed by atoms with Crippen LogP contribution in [-0.4, -0.2) is 53.2 Å². The van der Waals surface area contributed by atoms with Crippen molar-refractivity contribution in [2.24, 2.45) is 5.92 Å². The number of carboxylic acids is 2. The Kier molecular flexibility index (Phi) is 10.1. The van der Waals surface area contributed by atoms with Gasteiger partial charge in [-0.3, -0.25) is 4.79 Å². The molecule has 0 spiro atoms. The van der Waals surface area contributed by atoms with E-state index >= 15 is 0 Å². The van der Waals surface area contributed by atoms with Crippen LogP contribution >= 0.6 is 0 Å². The lowest BCUT2D eigenvalue weighted by molar-refractivity contribution is -0.144. The fourth-order valence-corrected chi connectivity index (χ4v) is 2.72. The van der Waals surface area contributed by atoms with Crippen LogP contribution < -0.4 is 10.1 Å². The summed E-state index contributed by atoms with van der Waals surface area (Å²) in [5, 5.41) is 21.0. The molecule has 0 radical (unpaired) electrons. The Morgan fingerprint density at radius 2 is 1.67 bits per heavy atom. The number of amides is 1. The van der Waals surface area contributed by atoms with Gasteiger partial charge in [0.1, 0.15) is 30.7 Å². The number of nitrogens with one attached hydrogen (secondary N) is 1. The number of rotatable bonds is 12. The maximum absolute atomic E-state index is 12.1. The first kappa shape index (κ1) is 25.2. The van der Waals surface area contributed by atoms with Crippen LogP contribution in [0.25, 0.3) is 0 Å². The van der Waals surface area contributed by atoms with Gasteiger partial charge in [-0.1, -0.05) is 12.1 Å². The van der Waals surface area contributed by atoms with Crippen molar-refractivity contribution in [1.82, 2.24) is 5.32 Å². The summed E-state index contributed by atoms with van der Waals surface area (Å²) in [5.74, 6) is -2.52. The van der Waals surface area contributed by atoms with Crippen LogP contribution in [0.4, 0.5) is 9.18 Å². The molecule has 0 aliphatic carbocycles. The summed E-state index contributed by atoms with van der Waals surface area (Å²) in [4.78, 5) is 34.8. The van der Waals surface area contributed by atoms with Gasteiger partial charge < -0.3 is 25.0 Å². The second-order valence-electron chi connectivity index (χ2n) is 7.87. The second kappa shape index (κ2) is 12.0. The van der Waals surface area contributed by atoms with Crippen molar-refractivity contribution in [1.29, 1.82) is 0 Å². The third-order valence-corrected chi connectivity index (χ3v) is 4.19. The number of alkyl halides is 1. The van der Waals surface area contributed by atoms with Gasteiger partial charge in [-0.15, -0.1) is 0 Å². The number of carboxylic acid groups (broad SMARTS) is 2. The fraction of sp³-hybridized carbons (Fsp3) is 0.571. The predicted octanol–water partition coefficient (Wildman–Crippen LogP) is 3.43. The van der Waals surface area contributed by atoms with E-state index in [-0.39, 0.29) is 19.4 Å². The fourth-order valence-electron chi connectivity index (χ4n) is 2.72. The molecule has 0 aliphatic rings. The summed E-state index contributed by atoms with van der Waals surface area (Å²) in [7, 11) is 0. The number of aryl methyl sites for hydroxylation is 1. The number of alkyl carbamates (subject to hydrolysis) is 1. The quantitative estimate of drug-likeness (QED) is 0.467. The zero-order valence-corrected chi connectivity index (χ0v) is 17.5. The molecule has 1 amide bonds. The van der Waals surface area contributed by atoms with Gasteiger partial charge in [-0.05, 0) is 64.2 Å². The van der Waals surface area contributed by atoms with Crippen molar-refractivity contribution in [3.8, 4) is 5.75 Å². The Morgan fingerprint density at radius 1 is 1.03 bits per heavy atom. The highest BCUT2D eigenvalue weighted by atomic mass is 19.1. The molecule has 8 nitrogen and oxygen atoms in total. The Hall–Kier alpha value is -2.84. The minimum absolute atomic E-state index is 0.0253. The van der Waals surface area contributed by atoms with E-state index < -0.39 is 42.3 Å². The minimum atomic E-state index is -1.26. The van der Waals surface area contributed by atoms with E-state index in [2.05, 4.69) is 5.32 Å². The maximum Gasteiger partial charge on any atom is 0.408 e. The lowest BCUT2D eigenvalue weighted by Crippen LogP contribution is -2.43. The molecule has 1 aromatic rings. The van der Waals surface area contributed by atoms with Gasteiger partial charge >= 0.3 is 18.0 Å². The Bertz CT molecular complexity index is 700. The number of carbonyl (C=O) groups excluding carboxylic acids is 1. The lowest BCUT2D eigenvalue weighted by atomic mass is 9.93. The second-order valence-corrected chi connectivity index (χ2v) is 7.87. The van der Waals surface area contributed by atoms with Gasteiger partial charge in [-0.2, -0.15) is 0 Å². The van der Waals surface area contributed by atoms with Crippen LogP contribution in [0.3, 0.4) is 0 Å². The molecule has 0 aromatic heterocycles. The largest absolute Gasteiger partial charge is 0.491 e. The molecular weight excluding hydrogens is 397 g/mol. The average molecular weight is 427 g/mol. The molecule has 1 rings (SSSR count). The van der Waals surface area contributed by atoms with Gasteiger partial charge in [0.05, 0.1) is 5.92 Å². The molecule has 0 saturated carbocycles. The standard InChI is InChI=1S/C21H30FNO7/c1-21(2,3)30-20(28)23-17(19(26)27)11-8-15(18(24)25)7-4-14-5-9-16(10-6-14)29-13-12-22/h5-6,9-10,15,17H,4,7-8,11-13H2,1-3H3,(H,23,28)(H,24,25)(H,26,27)/t15?,17-/m0/s1. The van der Waals surface area contributed by atoms with Crippen LogP contribution in [0.2, 0.25) is 0 Å². The monoisotopic (exact) mass is 427 g/mol. The zero-order chi connectivity index (χ0) is 22.7. The molecule has 3 N–H and O–H groups in total. The third-order valence-electron chi connectivity index (χ3n) is 4.19. The number of hydrogen-bond donors (Lipinski definition) is 3. The summed E-state index contributed by atoms with van der Waals surface area (Å²) < 4.78 is 22.3. The van der Waals surface area contributed by atoms with Crippen molar-refractivity contribution >= 4 is 18.0 Å². The third kappa shape index (κ3) is 10.1. The van der Waals surface area contributed by atoms with E-state index in [0.29, 0.717) is 18.6 Å². The molecule has 0 aliphatic heterocycles. The number of halogens is 1. The number of benzene rings is 1. The van der Waals surface area contributed by atoms with Crippen LogP contribution in [0.5, 0.6) is 5.75 Å². The molecule has 9 heteroatoms. The Balaban J connectivity index is 2.60. The van der Waals surface area contributed by atoms with E-state index in [1.165, 1.54) is 0 Å². The highest BCUT2D eigenvalue weighted by Crippen LogP contribution is 2.19. The molecule has 0 fully saturated rings. The predicted molar refractivity (Wildman–Crippen MR) is 107 cm³/mol. The normalized spacial score (nSPS) is 13.2. The summed E-state index contributed by atoms with van der Waals surface area (Å²) >= 11 is 0. The summed E-state index contributed by atoms with van der Waals surface area (Å²) in [6.45, 7) is 4.36. The highest BCUT2D eigenvalue weighted by molar-refractivity contribution is 5.80. The van der Waals surface area contributed by atoms with Gasteiger partial charge in [0, 0.05) is 0 Å². The highest BCUT2D eigenvalue weighted by Gasteiger charge is 2.26. The van der Waals surface area contributed by atoms with Crippen LogP contribution in [0, 0.1) is 5.92 Å². The number of ether oxygens (including phenoxy) is 2. The van der Waals surface area contributed by atoms with Crippen LogP contribution in [-0.2, 0) is 20.7 Å². The van der Waals surface area contributed by atoms with Crippen LogP contribution in [0.1, 0.15) is 45.6 Å². The van der Waals surface area contributed by atoms with Gasteiger partial charge in [0.2, 0.25) is 0 Å². The van der Waals surface area contributed by atoms with Crippen molar-refractivity contribution in [3.05, 3.63) is 29.8 Å². The molecule has 1 unspecified atom stereocenters. The van der Waals surface area contributed by atoms with E-state index in [9.17, 15) is 29.0 Å². The average Bonchev–Trinajstić information content (AvgIpc) is 2.64. The van der Waals surface area contributed by atoms with Crippen molar-refractivity contribution in [3.63, 3.8) is 0 Å². The van der Waals surface area contributed by atoms with Crippen molar-refractivity contribution in [2.75, 3.05) is 13.3 Å². The summed E-state index contributed by atoms with van der Waals surface area (Å²) in [5.41, 5.74) is 0.110. The molecule has 0 bridgehead atoms. The SMILES string of the molecule is CC(C)(C)OC(=O)N[C@@H](CCC(CCc1ccc(OCCF)cc1)C(=O)O)C(=O)O. The summed E-state index contributed by atoms with van der Waals surface area (Å²) in [6, 6.07) is 5.68. The van der Waals surface area contributed by atoms with Gasteiger partial charge in [0.25, 0.3) is 0 Å². The molecule has 2 atom stereocenters. The van der Waals surface area contributed by atoms with Crippen molar-refractivity contribution < 1.29 is 38.5 Å². The zero-order valence-electron chi connectivity index (χ0n) is 17.5. The smallest absolute Gasteiger partial charge is 0.408 e. The Labute approximate surface area is 175 Å². The van der Waals surface area contributed by atoms with Gasteiger partial charge in [0.15, 0.2) is 0 Å². The first-order valence-corrected chi connectivity index (χ1v) is 9.74. The molecule has 0 saturated heterocycles. The van der Waals surface area contributed by atoms with E-state index in [1.807, 2.05) is 0 Å². The van der Waals surface area contributed by atoms with Crippen molar-refractivity contribution in [2.45, 2.75) is 58.1 Å². The number of aliphatic carboxylic acids is 2. The Morgan fingerprint density at radius 3 is 2.17 bits per heavy atom. The molecule has 0 heterocycles.